The molecule has 28 heavy (non-hydrogen) atoms. The van der Waals surface area contributed by atoms with E-state index >= 15 is 0 Å². The zero-order valence-corrected chi connectivity index (χ0v) is 17.5. The first-order valence-electron chi connectivity index (χ1n) is 9.39. The first-order chi connectivity index (χ1) is 13.3. The van der Waals surface area contributed by atoms with Gasteiger partial charge in [0.2, 0.25) is 10.0 Å². The molecule has 0 aliphatic carbocycles. The Bertz CT molecular complexity index is 979. The van der Waals surface area contributed by atoms with Gasteiger partial charge in [-0.25, -0.2) is 13.4 Å². The molecule has 0 unspecified atom stereocenters. The topological polar surface area (TPSA) is 91.4 Å². The fourth-order valence-corrected chi connectivity index (χ4v) is 5.58. The Hall–Kier alpha value is -1.97. The molecule has 1 aromatic carbocycles. The van der Waals surface area contributed by atoms with Gasteiger partial charge in [-0.15, -0.1) is 11.3 Å². The molecule has 2 N–H and O–H groups in total. The SMILES string of the molecule is C[C@@H]1[C@H](NC(=O)c2cnc(-c3cccc(NS(C)(=O)=O)c3)s2)C2CCN1CC2. The minimum absolute atomic E-state index is 0.0836. The molecule has 2 atom stereocenters. The van der Waals surface area contributed by atoms with Gasteiger partial charge in [-0.05, 0) is 50.9 Å². The Morgan fingerprint density at radius 1 is 1.29 bits per heavy atom. The van der Waals surface area contributed by atoms with Gasteiger partial charge in [0.25, 0.3) is 5.91 Å². The average Bonchev–Trinajstić information content (AvgIpc) is 3.14. The van der Waals surface area contributed by atoms with Crippen LogP contribution in [0.4, 0.5) is 5.69 Å². The van der Waals surface area contributed by atoms with Crippen LogP contribution in [0.2, 0.25) is 0 Å². The van der Waals surface area contributed by atoms with Crippen molar-refractivity contribution in [2.24, 2.45) is 5.92 Å². The number of anilines is 1. The van der Waals surface area contributed by atoms with Crippen molar-refractivity contribution in [2.75, 3.05) is 24.1 Å². The van der Waals surface area contributed by atoms with Crippen molar-refractivity contribution in [2.45, 2.75) is 31.8 Å². The van der Waals surface area contributed by atoms with Gasteiger partial charge in [0, 0.05) is 23.3 Å². The molecular formula is C19H24N4O3S2. The van der Waals surface area contributed by atoms with Crippen LogP contribution in [0.3, 0.4) is 0 Å². The van der Waals surface area contributed by atoms with E-state index in [0.29, 0.717) is 27.5 Å². The fraction of sp³-hybridized carbons (Fsp3) is 0.474. The van der Waals surface area contributed by atoms with E-state index in [1.807, 2.05) is 6.07 Å². The minimum atomic E-state index is -3.35. The number of amides is 1. The monoisotopic (exact) mass is 420 g/mol. The predicted octanol–water partition coefficient (Wildman–Crippen LogP) is 2.39. The Morgan fingerprint density at radius 3 is 2.71 bits per heavy atom. The highest BCUT2D eigenvalue weighted by Crippen LogP contribution is 2.33. The number of rotatable bonds is 5. The second-order valence-corrected chi connectivity index (χ2v) is 10.4. The van der Waals surface area contributed by atoms with E-state index in [2.05, 4.69) is 26.8 Å². The minimum Gasteiger partial charge on any atom is -0.347 e. The molecule has 3 aliphatic rings. The first kappa shape index (κ1) is 19.4. The molecule has 3 saturated heterocycles. The van der Waals surface area contributed by atoms with E-state index in [1.165, 1.54) is 11.3 Å². The molecule has 3 aliphatic heterocycles. The number of aromatic nitrogens is 1. The van der Waals surface area contributed by atoms with Crippen LogP contribution in [0.5, 0.6) is 0 Å². The normalized spacial score (nSPS) is 26.8. The van der Waals surface area contributed by atoms with Crippen LogP contribution in [-0.4, -0.2) is 55.6 Å². The van der Waals surface area contributed by atoms with Crippen molar-refractivity contribution in [3.05, 3.63) is 35.3 Å². The standard InChI is InChI=1S/C19H24N4O3S2/c1-12-17(13-6-8-23(12)9-7-13)21-18(24)16-11-20-19(27-16)14-4-3-5-15(10-14)22-28(2,25)26/h3-5,10-13,17,22H,6-9H2,1-2H3,(H,21,24)/t12-,17+/m1/s1. The van der Waals surface area contributed by atoms with Gasteiger partial charge in [0.1, 0.15) is 9.88 Å². The molecule has 9 heteroatoms. The third-order valence-corrected chi connectivity index (χ3v) is 7.27. The highest BCUT2D eigenvalue weighted by atomic mass is 32.2. The number of thiazole rings is 1. The maximum Gasteiger partial charge on any atom is 0.263 e. The largest absolute Gasteiger partial charge is 0.347 e. The molecule has 0 saturated carbocycles. The number of carbonyl (C=O) groups is 1. The molecule has 150 valence electrons. The lowest BCUT2D eigenvalue weighted by molar-refractivity contribution is 0.0218. The summed E-state index contributed by atoms with van der Waals surface area (Å²) in [7, 11) is -3.35. The summed E-state index contributed by atoms with van der Waals surface area (Å²) in [5.74, 6) is 0.467. The Morgan fingerprint density at radius 2 is 2.04 bits per heavy atom. The molecule has 0 radical (unpaired) electrons. The maximum atomic E-state index is 12.8. The van der Waals surface area contributed by atoms with Crippen molar-refractivity contribution < 1.29 is 13.2 Å². The van der Waals surface area contributed by atoms with Crippen LogP contribution in [0.15, 0.2) is 30.5 Å². The average molecular weight is 421 g/mol. The number of benzene rings is 1. The summed E-state index contributed by atoms with van der Waals surface area (Å²) in [5, 5.41) is 3.91. The van der Waals surface area contributed by atoms with Gasteiger partial charge in [0.15, 0.2) is 0 Å². The van der Waals surface area contributed by atoms with Gasteiger partial charge in [-0.1, -0.05) is 12.1 Å². The Labute approximate surface area is 169 Å². The van der Waals surface area contributed by atoms with Crippen molar-refractivity contribution >= 4 is 33.0 Å². The van der Waals surface area contributed by atoms with Gasteiger partial charge < -0.3 is 5.32 Å². The van der Waals surface area contributed by atoms with Crippen LogP contribution in [-0.2, 0) is 10.0 Å². The van der Waals surface area contributed by atoms with Crippen LogP contribution in [0, 0.1) is 5.92 Å². The highest BCUT2D eigenvalue weighted by Gasteiger charge is 2.40. The van der Waals surface area contributed by atoms with Gasteiger partial charge in [-0.2, -0.15) is 0 Å². The van der Waals surface area contributed by atoms with Crippen molar-refractivity contribution in [3.8, 4) is 10.6 Å². The molecule has 1 aromatic heterocycles. The van der Waals surface area contributed by atoms with E-state index < -0.39 is 10.0 Å². The molecule has 2 aromatic rings. The summed E-state index contributed by atoms with van der Waals surface area (Å²) < 4.78 is 25.3. The van der Waals surface area contributed by atoms with Crippen LogP contribution in [0.1, 0.15) is 29.4 Å². The number of hydrogen-bond donors (Lipinski definition) is 2. The number of sulfonamides is 1. The first-order valence-corrected chi connectivity index (χ1v) is 12.1. The molecule has 0 spiro atoms. The van der Waals surface area contributed by atoms with E-state index in [-0.39, 0.29) is 11.9 Å². The molecule has 7 nitrogen and oxygen atoms in total. The van der Waals surface area contributed by atoms with Crippen molar-refractivity contribution in [1.29, 1.82) is 0 Å². The lowest BCUT2D eigenvalue weighted by atomic mass is 9.79. The quantitative estimate of drug-likeness (QED) is 0.775. The number of piperidine rings is 3. The van der Waals surface area contributed by atoms with Crippen molar-refractivity contribution in [3.63, 3.8) is 0 Å². The molecule has 1 amide bonds. The number of fused-ring (bicyclic) bond motifs is 3. The predicted molar refractivity (Wildman–Crippen MR) is 111 cm³/mol. The van der Waals surface area contributed by atoms with E-state index in [1.54, 1.807) is 24.4 Å². The third-order valence-electron chi connectivity index (χ3n) is 5.62. The number of carbonyl (C=O) groups excluding carboxylic acids is 1. The lowest BCUT2D eigenvalue weighted by Crippen LogP contribution is -2.62. The third kappa shape index (κ3) is 4.06. The molecule has 4 heterocycles. The second-order valence-electron chi connectivity index (χ2n) is 7.60. The summed E-state index contributed by atoms with van der Waals surface area (Å²) >= 11 is 1.32. The molecule has 2 bridgehead atoms. The van der Waals surface area contributed by atoms with E-state index in [9.17, 15) is 13.2 Å². The molecule has 5 rings (SSSR count). The molecule has 3 fully saturated rings. The smallest absolute Gasteiger partial charge is 0.263 e. The lowest BCUT2D eigenvalue weighted by Gasteiger charge is -2.49. The number of nitrogens with one attached hydrogen (secondary N) is 2. The number of hydrogen-bond acceptors (Lipinski definition) is 6. The van der Waals surface area contributed by atoms with E-state index in [4.69, 9.17) is 0 Å². The van der Waals surface area contributed by atoms with Crippen LogP contribution in [0.25, 0.3) is 10.6 Å². The summed E-state index contributed by atoms with van der Waals surface area (Å²) in [5.41, 5.74) is 1.25. The molecular weight excluding hydrogens is 396 g/mol. The summed E-state index contributed by atoms with van der Waals surface area (Å²) in [6.45, 7) is 4.44. The Kier molecular flexibility index (Phi) is 5.15. The van der Waals surface area contributed by atoms with Crippen LogP contribution >= 0.6 is 11.3 Å². The van der Waals surface area contributed by atoms with Gasteiger partial charge in [-0.3, -0.25) is 14.4 Å². The van der Waals surface area contributed by atoms with Crippen molar-refractivity contribution in [1.82, 2.24) is 15.2 Å². The van der Waals surface area contributed by atoms with E-state index in [0.717, 1.165) is 37.8 Å². The van der Waals surface area contributed by atoms with Gasteiger partial charge in [0.05, 0.1) is 12.5 Å². The van der Waals surface area contributed by atoms with Crippen LogP contribution < -0.4 is 10.0 Å². The summed E-state index contributed by atoms with van der Waals surface area (Å²) in [4.78, 5) is 20.2. The summed E-state index contributed by atoms with van der Waals surface area (Å²) in [6.07, 6.45) is 4.99. The zero-order valence-electron chi connectivity index (χ0n) is 15.9. The zero-order chi connectivity index (χ0) is 19.9. The number of nitrogens with zero attached hydrogens (tertiary/aromatic N) is 2. The fourth-order valence-electron chi connectivity index (χ4n) is 4.21. The maximum absolute atomic E-state index is 12.8. The summed E-state index contributed by atoms with van der Waals surface area (Å²) in [6, 6.07) is 7.56. The second kappa shape index (κ2) is 7.46. The Balaban J connectivity index is 1.48. The van der Waals surface area contributed by atoms with Gasteiger partial charge >= 0.3 is 0 Å². The highest BCUT2D eigenvalue weighted by molar-refractivity contribution is 7.92.